The van der Waals surface area contributed by atoms with E-state index >= 15 is 0 Å². The number of Topliss-reactive ketones (excluding diaryl/α,β-unsaturated/α-hetero) is 1. The molecule has 1 aromatic heterocycles. The summed E-state index contributed by atoms with van der Waals surface area (Å²) in [6.45, 7) is 8.66. The van der Waals surface area contributed by atoms with Gasteiger partial charge in [-0.1, -0.05) is 20.8 Å². The predicted molar refractivity (Wildman–Crippen MR) is 60.0 cm³/mol. The predicted octanol–water partition coefficient (Wildman–Crippen LogP) is 2.44. The summed E-state index contributed by atoms with van der Waals surface area (Å²) in [7, 11) is 0. The summed E-state index contributed by atoms with van der Waals surface area (Å²) in [4.78, 5) is 13.9. The Balaban J connectivity index is 2.48. The lowest BCUT2D eigenvalue weighted by molar-refractivity contribution is 0.0899. The Labute approximate surface area is 91.1 Å². The molecule has 84 valence electrons. The van der Waals surface area contributed by atoms with Gasteiger partial charge in [-0.2, -0.15) is 0 Å². The van der Waals surface area contributed by atoms with E-state index in [1.54, 1.807) is 12.1 Å². The average molecular weight is 209 g/mol. The molecular weight excluding hydrogens is 190 g/mol. The molecule has 0 aliphatic carbocycles. The van der Waals surface area contributed by atoms with Gasteiger partial charge < -0.3 is 4.42 Å². The molecule has 0 saturated heterocycles. The van der Waals surface area contributed by atoms with Gasteiger partial charge in [0.1, 0.15) is 0 Å². The van der Waals surface area contributed by atoms with Gasteiger partial charge in [0.15, 0.2) is 5.76 Å². The monoisotopic (exact) mass is 209 g/mol. The van der Waals surface area contributed by atoms with Crippen molar-refractivity contribution in [2.45, 2.75) is 20.8 Å². The van der Waals surface area contributed by atoms with Crippen molar-refractivity contribution >= 4 is 5.78 Å². The number of nitrogens with zero attached hydrogens (tertiary/aromatic N) is 1. The van der Waals surface area contributed by atoms with E-state index in [0.29, 0.717) is 18.2 Å². The maximum atomic E-state index is 11.7. The highest BCUT2D eigenvalue weighted by Crippen LogP contribution is 2.04. The first-order valence-electron chi connectivity index (χ1n) is 5.42. The molecule has 0 saturated carbocycles. The molecule has 0 bridgehead atoms. The molecule has 0 aliphatic rings. The minimum Gasteiger partial charge on any atom is -0.461 e. The standard InChI is InChI=1S/C12H19NO2/c1-4-13(8-10(2)3)9-11(14)12-6-5-7-15-12/h5-7,10H,4,8-9H2,1-3H3. The lowest BCUT2D eigenvalue weighted by atomic mass is 10.2. The zero-order valence-electron chi connectivity index (χ0n) is 9.69. The minimum atomic E-state index is 0.0579. The zero-order valence-corrected chi connectivity index (χ0v) is 9.69. The largest absolute Gasteiger partial charge is 0.461 e. The van der Waals surface area contributed by atoms with Crippen molar-refractivity contribution in [3.8, 4) is 0 Å². The minimum absolute atomic E-state index is 0.0579. The van der Waals surface area contributed by atoms with Crippen LogP contribution in [0.15, 0.2) is 22.8 Å². The number of furan rings is 1. The SMILES string of the molecule is CCN(CC(=O)c1ccco1)CC(C)C. The second-order valence-electron chi connectivity index (χ2n) is 4.12. The molecule has 0 radical (unpaired) electrons. The summed E-state index contributed by atoms with van der Waals surface area (Å²) in [5, 5.41) is 0. The van der Waals surface area contributed by atoms with E-state index < -0.39 is 0 Å². The third kappa shape index (κ3) is 3.88. The van der Waals surface area contributed by atoms with Crippen LogP contribution in [-0.2, 0) is 0 Å². The van der Waals surface area contributed by atoms with Gasteiger partial charge in [0.05, 0.1) is 12.8 Å². The summed E-state index contributed by atoms with van der Waals surface area (Å²) < 4.78 is 5.07. The summed E-state index contributed by atoms with van der Waals surface area (Å²) in [5.74, 6) is 1.09. The Hall–Kier alpha value is -1.09. The molecule has 0 N–H and O–H groups in total. The van der Waals surface area contributed by atoms with Crippen LogP contribution in [0.25, 0.3) is 0 Å². The molecule has 0 aromatic carbocycles. The lowest BCUT2D eigenvalue weighted by Crippen LogP contribution is -2.32. The molecule has 0 atom stereocenters. The van der Waals surface area contributed by atoms with E-state index in [-0.39, 0.29) is 5.78 Å². The Kier molecular flexibility index (Phi) is 4.56. The fourth-order valence-corrected chi connectivity index (χ4v) is 1.54. The van der Waals surface area contributed by atoms with Gasteiger partial charge in [-0.15, -0.1) is 0 Å². The second-order valence-corrected chi connectivity index (χ2v) is 4.12. The van der Waals surface area contributed by atoms with Gasteiger partial charge in [0.2, 0.25) is 5.78 Å². The Morgan fingerprint density at radius 3 is 2.73 bits per heavy atom. The van der Waals surface area contributed by atoms with Crippen LogP contribution in [0.3, 0.4) is 0 Å². The molecule has 1 rings (SSSR count). The smallest absolute Gasteiger partial charge is 0.211 e. The van der Waals surface area contributed by atoms with Crippen LogP contribution < -0.4 is 0 Å². The summed E-state index contributed by atoms with van der Waals surface area (Å²) >= 11 is 0. The van der Waals surface area contributed by atoms with Gasteiger partial charge >= 0.3 is 0 Å². The topological polar surface area (TPSA) is 33.5 Å². The van der Waals surface area contributed by atoms with Crippen molar-refractivity contribution in [1.82, 2.24) is 4.90 Å². The number of rotatable bonds is 6. The fraction of sp³-hybridized carbons (Fsp3) is 0.583. The molecule has 0 unspecified atom stereocenters. The summed E-state index contributed by atoms with van der Waals surface area (Å²) in [5.41, 5.74) is 0. The Morgan fingerprint density at radius 2 is 2.27 bits per heavy atom. The highest BCUT2D eigenvalue weighted by atomic mass is 16.3. The molecule has 3 heteroatoms. The summed E-state index contributed by atoms with van der Waals surface area (Å²) in [6.07, 6.45) is 1.53. The third-order valence-electron chi connectivity index (χ3n) is 2.23. The molecule has 0 amide bonds. The first-order chi connectivity index (χ1) is 7.13. The highest BCUT2D eigenvalue weighted by Gasteiger charge is 2.13. The van der Waals surface area contributed by atoms with E-state index in [9.17, 15) is 4.79 Å². The van der Waals surface area contributed by atoms with Crippen LogP contribution >= 0.6 is 0 Å². The quantitative estimate of drug-likeness (QED) is 0.675. The van der Waals surface area contributed by atoms with Crippen molar-refractivity contribution in [2.24, 2.45) is 5.92 Å². The number of ketones is 1. The Bertz CT molecular complexity index is 291. The van der Waals surface area contributed by atoms with E-state index in [1.807, 2.05) is 0 Å². The van der Waals surface area contributed by atoms with Crippen molar-refractivity contribution in [3.63, 3.8) is 0 Å². The Morgan fingerprint density at radius 1 is 1.53 bits per heavy atom. The summed E-state index contributed by atoms with van der Waals surface area (Å²) in [6, 6.07) is 3.46. The van der Waals surface area contributed by atoms with Gasteiger partial charge in [-0.25, -0.2) is 0 Å². The van der Waals surface area contributed by atoms with Gasteiger partial charge in [0, 0.05) is 6.54 Å². The van der Waals surface area contributed by atoms with Crippen molar-refractivity contribution in [2.75, 3.05) is 19.6 Å². The number of carbonyl (C=O) groups is 1. The van der Waals surface area contributed by atoms with Gasteiger partial charge in [0.25, 0.3) is 0 Å². The van der Waals surface area contributed by atoms with Crippen molar-refractivity contribution in [1.29, 1.82) is 0 Å². The lowest BCUT2D eigenvalue weighted by Gasteiger charge is -2.20. The maximum Gasteiger partial charge on any atom is 0.211 e. The molecule has 0 spiro atoms. The molecule has 1 aromatic rings. The van der Waals surface area contributed by atoms with E-state index in [2.05, 4.69) is 25.7 Å². The van der Waals surface area contributed by atoms with Gasteiger partial charge in [-0.05, 0) is 24.6 Å². The number of carbonyl (C=O) groups excluding carboxylic acids is 1. The first kappa shape index (κ1) is 12.0. The second kappa shape index (κ2) is 5.71. The van der Waals surface area contributed by atoms with Crippen LogP contribution in [0.5, 0.6) is 0 Å². The van der Waals surface area contributed by atoms with E-state index in [4.69, 9.17) is 4.42 Å². The van der Waals surface area contributed by atoms with Crippen LogP contribution in [0.2, 0.25) is 0 Å². The number of hydrogen-bond donors (Lipinski definition) is 0. The average Bonchev–Trinajstić information content (AvgIpc) is 2.68. The molecule has 3 nitrogen and oxygen atoms in total. The zero-order chi connectivity index (χ0) is 11.3. The normalized spacial score (nSPS) is 11.3. The van der Waals surface area contributed by atoms with Crippen LogP contribution in [0, 0.1) is 5.92 Å². The van der Waals surface area contributed by atoms with Crippen LogP contribution in [0.1, 0.15) is 31.3 Å². The molecule has 0 fully saturated rings. The number of likely N-dealkylation sites (N-methyl/N-ethyl adjacent to an activating group) is 1. The van der Waals surface area contributed by atoms with E-state index in [0.717, 1.165) is 13.1 Å². The molecule has 15 heavy (non-hydrogen) atoms. The highest BCUT2D eigenvalue weighted by molar-refractivity contribution is 5.94. The van der Waals surface area contributed by atoms with E-state index in [1.165, 1.54) is 6.26 Å². The molecular formula is C12H19NO2. The van der Waals surface area contributed by atoms with Crippen molar-refractivity contribution < 1.29 is 9.21 Å². The van der Waals surface area contributed by atoms with Crippen LogP contribution in [0.4, 0.5) is 0 Å². The molecule has 0 aliphatic heterocycles. The first-order valence-corrected chi connectivity index (χ1v) is 5.42. The maximum absolute atomic E-state index is 11.7. The van der Waals surface area contributed by atoms with Crippen LogP contribution in [-0.4, -0.2) is 30.3 Å². The van der Waals surface area contributed by atoms with Gasteiger partial charge in [-0.3, -0.25) is 9.69 Å². The third-order valence-corrected chi connectivity index (χ3v) is 2.23. The van der Waals surface area contributed by atoms with Crippen molar-refractivity contribution in [3.05, 3.63) is 24.2 Å². The number of hydrogen-bond acceptors (Lipinski definition) is 3. The molecule has 1 heterocycles. The fourth-order valence-electron chi connectivity index (χ4n) is 1.54.